The van der Waals surface area contributed by atoms with Gasteiger partial charge < -0.3 is 10.2 Å². The van der Waals surface area contributed by atoms with E-state index >= 15 is 0 Å². The zero-order valence-corrected chi connectivity index (χ0v) is 18.1. The molecule has 8 nitrogen and oxygen atoms in total. The normalized spacial score (nSPS) is 15.5. The van der Waals surface area contributed by atoms with Crippen molar-refractivity contribution in [3.63, 3.8) is 0 Å². The van der Waals surface area contributed by atoms with Gasteiger partial charge in [0.2, 0.25) is 5.91 Å². The summed E-state index contributed by atoms with van der Waals surface area (Å²) in [6, 6.07) is 13.4. The van der Waals surface area contributed by atoms with Gasteiger partial charge in [0.05, 0.1) is 23.6 Å². The van der Waals surface area contributed by atoms with E-state index in [2.05, 4.69) is 37.6 Å². The first-order chi connectivity index (χ1) is 16.1. The number of hydrogen-bond acceptors (Lipinski definition) is 6. The van der Waals surface area contributed by atoms with Crippen molar-refractivity contribution < 1.29 is 9.59 Å². The van der Waals surface area contributed by atoms with E-state index in [0.29, 0.717) is 17.8 Å². The first kappa shape index (κ1) is 20.7. The van der Waals surface area contributed by atoms with Crippen LogP contribution in [0.3, 0.4) is 0 Å². The third-order valence-electron chi connectivity index (χ3n) is 6.03. The average molecular weight is 438 g/mol. The fourth-order valence-electron chi connectivity index (χ4n) is 4.29. The van der Waals surface area contributed by atoms with Crippen molar-refractivity contribution in [2.24, 2.45) is 0 Å². The van der Waals surface area contributed by atoms with Crippen molar-refractivity contribution >= 4 is 28.4 Å². The second kappa shape index (κ2) is 8.74. The summed E-state index contributed by atoms with van der Waals surface area (Å²) in [6.45, 7) is 3.07. The molecular formula is C25H22N6O2. The number of hydrogen-bond donors (Lipinski definition) is 1. The number of anilines is 1. The molecule has 8 heteroatoms. The van der Waals surface area contributed by atoms with Crippen LogP contribution >= 0.6 is 0 Å². The van der Waals surface area contributed by atoms with E-state index in [9.17, 15) is 9.59 Å². The largest absolute Gasteiger partial charge is 0.342 e. The topological polar surface area (TPSA) is 101 Å². The van der Waals surface area contributed by atoms with E-state index in [1.807, 2.05) is 23.2 Å². The van der Waals surface area contributed by atoms with Gasteiger partial charge in [0.15, 0.2) is 0 Å². The monoisotopic (exact) mass is 438 g/mol. The van der Waals surface area contributed by atoms with Crippen LogP contribution in [-0.2, 0) is 4.79 Å². The molecular weight excluding hydrogens is 416 g/mol. The zero-order chi connectivity index (χ0) is 22.8. The molecule has 1 aliphatic rings. The predicted molar refractivity (Wildman–Crippen MR) is 125 cm³/mol. The molecule has 2 amide bonds. The molecule has 0 saturated carbocycles. The van der Waals surface area contributed by atoms with Gasteiger partial charge >= 0.3 is 0 Å². The first-order valence-corrected chi connectivity index (χ1v) is 10.8. The van der Waals surface area contributed by atoms with Crippen molar-refractivity contribution in [3.8, 4) is 11.1 Å². The molecule has 0 aliphatic carbocycles. The molecule has 164 valence electrons. The molecule has 5 rings (SSSR count). The second-order valence-corrected chi connectivity index (χ2v) is 8.14. The van der Waals surface area contributed by atoms with Crippen LogP contribution < -0.4 is 5.32 Å². The lowest BCUT2D eigenvalue weighted by Crippen LogP contribution is -2.25. The molecule has 1 fully saturated rings. The number of likely N-dealkylation sites (tertiary alicyclic amines) is 1. The molecule has 4 aromatic rings. The van der Waals surface area contributed by atoms with Crippen molar-refractivity contribution in [1.29, 1.82) is 0 Å². The Labute approximate surface area is 190 Å². The fourth-order valence-corrected chi connectivity index (χ4v) is 4.29. The summed E-state index contributed by atoms with van der Waals surface area (Å²) < 4.78 is 0. The van der Waals surface area contributed by atoms with Crippen LogP contribution in [0.1, 0.15) is 35.2 Å². The Bertz CT molecular complexity index is 1320. The Morgan fingerprint density at radius 3 is 2.61 bits per heavy atom. The van der Waals surface area contributed by atoms with Crippen molar-refractivity contribution in [2.45, 2.75) is 19.3 Å². The zero-order valence-electron chi connectivity index (χ0n) is 18.1. The van der Waals surface area contributed by atoms with Gasteiger partial charge in [-0.05, 0) is 53.4 Å². The number of rotatable bonds is 4. The summed E-state index contributed by atoms with van der Waals surface area (Å²) in [6.07, 6.45) is 7.32. The molecule has 33 heavy (non-hydrogen) atoms. The minimum atomic E-state index is -0.211. The van der Waals surface area contributed by atoms with Crippen LogP contribution in [-0.4, -0.2) is 50.0 Å². The fraction of sp³-hybridized carbons (Fsp3) is 0.200. The number of aromatic nitrogens is 4. The number of nitrogens with zero attached hydrogens (tertiary/aromatic N) is 5. The van der Waals surface area contributed by atoms with E-state index in [1.165, 1.54) is 12.4 Å². The molecule has 1 aliphatic heterocycles. The minimum absolute atomic E-state index is 0.101. The molecule has 3 heterocycles. The maximum atomic E-state index is 12.5. The molecule has 0 spiro atoms. The molecule has 0 bridgehead atoms. The summed E-state index contributed by atoms with van der Waals surface area (Å²) in [5.41, 5.74) is 5.21. The molecule has 2 aromatic carbocycles. The van der Waals surface area contributed by atoms with Crippen LogP contribution in [0.15, 0.2) is 67.4 Å². The first-order valence-electron chi connectivity index (χ1n) is 10.8. The second-order valence-electron chi connectivity index (χ2n) is 8.14. The lowest BCUT2D eigenvalue weighted by Gasteiger charge is -2.17. The smallest absolute Gasteiger partial charge is 0.255 e. The SMILES string of the molecule is CC(=O)N1CCC(c2cc(-c3ccc(C(=O)Nc4ccnnc4)cc3)cc3cncnc23)C1. The molecule has 2 aromatic heterocycles. The summed E-state index contributed by atoms with van der Waals surface area (Å²) in [5.74, 6) is 0.117. The van der Waals surface area contributed by atoms with Crippen LogP contribution in [0, 0.1) is 0 Å². The highest BCUT2D eigenvalue weighted by Crippen LogP contribution is 2.35. The Kier molecular flexibility index (Phi) is 5.48. The van der Waals surface area contributed by atoms with E-state index in [4.69, 9.17) is 0 Å². The van der Waals surface area contributed by atoms with Gasteiger partial charge in [-0.1, -0.05) is 12.1 Å². The van der Waals surface area contributed by atoms with Crippen molar-refractivity contribution in [1.82, 2.24) is 25.1 Å². The third kappa shape index (κ3) is 4.27. The Morgan fingerprint density at radius 1 is 1.03 bits per heavy atom. The van der Waals surface area contributed by atoms with Crippen LogP contribution in [0.25, 0.3) is 22.0 Å². The quantitative estimate of drug-likeness (QED) is 0.522. The average Bonchev–Trinajstić information content (AvgIpc) is 3.35. The van der Waals surface area contributed by atoms with Gasteiger partial charge in [-0.3, -0.25) is 9.59 Å². The van der Waals surface area contributed by atoms with Crippen LogP contribution in [0.4, 0.5) is 5.69 Å². The van der Waals surface area contributed by atoms with E-state index in [0.717, 1.165) is 40.6 Å². The van der Waals surface area contributed by atoms with Gasteiger partial charge in [-0.2, -0.15) is 10.2 Å². The number of fused-ring (bicyclic) bond motifs is 1. The van der Waals surface area contributed by atoms with Crippen molar-refractivity contribution in [2.75, 3.05) is 18.4 Å². The summed E-state index contributed by atoms with van der Waals surface area (Å²) in [7, 11) is 0. The highest BCUT2D eigenvalue weighted by atomic mass is 16.2. The summed E-state index contributed by atoms with van der Waals surface area (Å²) >= 11 is 0. The number of nitrogens with one attached hydrogen (secondary N) is 1. The van der Waals surface area contributed by atoms with E-state index in [-0.39, 0.29) is 17.7 Å². The van der Waals surface area contributed by atoms with Gasteiger partial charge in [-0.15, -0.1) is 0 Å². The highest BCUT2D eigenvalue weighted by Gasteiger charge is 2.27. The number of benzene rings is 2. The van der Waals surface area contributed by atoms with Gasteiger partial charge in [0, 0.05) is 43.1 Å². The van der Waals surface area contributed by atoms with Gasteiger partial charge in [0.1, 0.15) is 6.33 Å². The van der Waals surface area contributed by atoms with E-state index < -0.39 is 0 Å². The van der Waals surface area contributed by atoms with Gasteiger partial charge in [0.25, 0.3) is 5.91 Å². The predicted octanol–water partition coefficient (Wildman–Crippen LogP) is 3.67. The minimum Gasteiger partial charge on any atom is -0.342 e. The number of amides is 2. The standard InChI is InChI=1S/C25H22N6O2/c1-16(32)31-9-7-19(14-31)23-11-20(10-21-12-26-15-27-24(21)23)17-2-4-18(5-3-17)25(33)30-22-6-8-28-29-13-22/h2-6,8,10-13,15,19H,7,9,14H2,1H3,(H,28,30,33). The highest BCUT2D eigenvalue weighted by molar-refractivity contribution is 6.04. The molecule has 1 unspecified atom stereocenters. The lowest BCUT2D eigenvalue weighted by molar-refractivity contribution is -0.127. The van der Waals surface area contributed by atoms with Crippen molar-refractivity contribution in [3.05, 3.63) is 78.5 Å². The van der Waals surface area contributed by atoms with Gasteiger partial charge in [-0.25, -0.2) is 9.97 Å². The Balaban J connectivity index is 1.45. The summed E-state index contributed by atoms with van der Waals surface area (Å²) in [5, 5.41) is 11.2. The lowest BCUT2D eigenvalue weighted by atomic mass is 9.91. The maximum absolute atomic E-state index is 12.5. The summed E-state index contributed by atoms with van der Waals surface area (Å²) in [4.78, 5) is 35.0. The molecule has 1 N–H and O–H groups in total. The molecule has 1 atom stereocenters. The third-order valence-corrected chi connectivity index (χ3v) is 6.03. The molecule has 0 radical (unpaired) electrons. The van der Waals surface area contributed by atoms with Crippen LogP contribution in [0.2, 0.25) is 0 Å². The Morgan fingerprint density at radius 2 is 1.88 bits per heavy atom. The maximum Gasteiger partial charge on any atom is 0.255 e. The molecule has 1 saturated heterocycles. The Hall–Kier alpha value is -4.20. The number of carbonyl (C=O) groups excluding carboxylic acids is 2. The number of carbonyl (C=O) groups is 2. The van der Waals surface area contributed by atoms with Crippen LogP contribution in [0.5, 0.6) is 0 Å². The van der Waals surface area contributed by atoms with E-state index in [1.54, 1.807) is 31.5 Å².